The largest absolute Gasteiger partial charge is 0.573 e. The molecule has 0 saturated heterocycles. The van der Waals surface area contributed by atoms with E-state index in [1.807, 2.05) is 0 Å². The second-order valence-corrected chi connectivity index (χ2v) is 4.50. The van der Waals surface area contributed by atoms with E-state index >= 15 is 0 Å². The Kier molecular flexibility index (Phi) is 5.75. The van der Waals surface area contributed by atoms with Crippen molar-refractivity contribution in [2.45, 2.75) is 12.4 Å². The van der Waals surface area contributed by atoms with Gasteiger partial charge in [0.2, 0.25) is 0 Å². The first-order chi connectivity index (χ1) is 10.2. The fraction of sp³-hybridized carbons (Fsp3) is 0.167. The van der Waals surface area contributed by atoms with Gasteiger partial charge in [-0.15, -0.1) is 13.2 Å². The van der Waals surface area contributed by atoms with Crippen LogP contribution in [0.25, 0.3) is 0 Å². The van der Waals surface area contributed by atoms with Crippen LogP contribution in [0.1, 0.15) is 5.56 Å². The maximum absolute atomic E-state index is 12.1. The highest BCUT2D eigenvalue weighted by molar-refractivity contribution is 6.38. The summed E-state index contributed by atoms with van der Waals surface area (Å²) in [5, 5.41) is 24.1. The summed E-state index contributed by atoms with van der Waals surface area (Å²) in [4.78, 5) is 3.64. The summed E-state index contributed by atoms with van der Waals surface area (Å²) >= 11 is 11.6. The van der Waals surface area contributed by atoms with E-state index < -0.39 is 23.9 Å². The van der Waals surface area contributed by atoms with Crippen LogP contribution < -0.4 is 4.74 Å². The van der Waals surface area contributed by atoms with Gasteiger partial charge in [-0.2, -0.15) is 10.5 Å². The molecule has 1 atom stereocenters. The molecular formula is C12H5Cl2F3N4O. The standard InChI is InChI=1S/C12H5Cl2F3N4O/c13-8-1-6(22-12(15,16)17)2-9(14)7(8)5-21-11(4-19)10(20)3-18/h1-2,5,11,20H. The smallest absolute Gasteiger partial charge is 0.406 e. The third-order valence-corrected chi connectivity index (χ3v) is 2.78. The summed E-state index contributed by atoms with van der Waals surface area (Å²) in [6, 6.07) is 3.44. The fourth-order valence-corrected chi connectivity index (χ4v) is 1.82. The minimum absolute atomic E-state index is 0.0313. The number of benzene rings is 1. The van der Waals surface area contributed by atoms with Crippen molar-refractivity contribution in [3.05, 3.63) is 27.7 Å². The van der Waals surface area contributed by atoms with Crippen LogP contribution in [0, 0.1) is 28.1 Å². The molecule has 0 bridgehead atoms. The molecule has 5 nitrogen and oxygen atoms in total. The predicted octanol–water partition coefficient (Wildman–Crippen LogP) is 3.75. The minimum Gasteiger partial charge on any atom is -0.406 e. The number of nitrogens with zero attached hydrogens (tertiary/aromatic N) is 3. The first kappa shape index (κ1) is 17.8. The van der Waals surface area contributed by atoms with Gasteiger partial charge >= 0.3 is 6.36 Å². The van der Waals surface area contributed by atoms with Crippen LogP contribution in [0.3, 0.4) is 0 Å². The maximum Gasteiger partial charge on any atom is 0.573 e. The van der Waals surface area contributed by atoms with Gasteiger partial charge in [0.05, 0.1) is 16.1 Å². The Bertz CT molecular complexity index is 681. The molecular weight excluding hydrogens is 344 g/mol. The Morgan fingerprint density at radius 2 is 1.86 bits per heavy atom. The molecule has 0 aliphatic heterocycles. The second-order valence-electron chi connectivity index (χ2n) is 3.68. The maximum atomic E-state index is 12.1. The highest BCUT2D eigenvalue weighted by Crippen LogP contribution is 2.32. The summed E-state index contributed by atoms with van der Waals surface area (Å²) in [7, 11) is 0. The van der Waals surface area contributed by atoms with Gasteiger partial charge < -0.3 is 4.74 Å². The zero-order valence-electron chi connectivity index (χ0n) is 10.4. The van der Waals surface area contributed by atoms with E-state index in [1.54, 1.807) is 6.07 Å². The predicted molar refractivity (Wildman–Crippen MR) is 73.5 cm³/mol. The van der Waals surface area contributed by atoms with Crippen LogP contribution in [-0.4, -0.2) is 24.3 Å². The second kappa shape index (κ2) is 7.12. The van der Waals surface area contributed by atoms with Gasteiger partial charge in [0, 0.05) is 11.8 Å². The molecule has 0 amide bonds. The van der Waals surface area contributed by atoms with E-state index in [0.717, 1.165) is 18.3 Å². The molecule has 0 aliphatic rings. The minimum atomic E-state index is -4.89. The Hall–Kier alpha value is -2.29. The zero-order chi connectivity index (χ0) is 16.9. The van der Waals surface area contributed by atoms with E-state index in [2.05, 4.69) is 9.73 Å². The number of hydrogen-bond donors (Lipinski definition) is 1. The normalized spacial score (nSPS) is 12.5. The summed E-state index contributed by atoms with van der Waals surface area (Å²) in [6.07, 6.45) is -3.89. The lowest BCUT2D eigenvalue weighted by Crippen LogP contribution is -2.17. The van der Waals surface area contributed by atoms with Crippen LogP contribution in [0.2, 0.25) is 10.0 Å². The fourth-order valence-electron chi connectivity index (χ4n) is 1.26. The third kappa shape index (κ3) is 4.92. The van der Waals surface area contributed by atoms with E-state index in [9.17, 15) is 13.2 Å². The molecule has 10 heteroatoms. The lowest BCUT2D eigenvalue weighted by molar-refractivity contribution is -0.274. The molecule has 0 aliphatic carbocycles. The average Bonchev–Trinajstić information content (AvgIpc) is 2.39. The van der Waals surface area contributed by atoms with E-state index in [-0.39, 0.29) is 15.6 Å². The Balaban J connectivity index is 3.10. The summed E-state index contributed by atoms with van der Waals surface area (Å²) in [5.74, 6) is -0.610. The molecule has 0 aromatic heterocycles. The zero-order valence-corrected chi connectivity index (χ0v) is 12.0. The monoisotopic (exact) mass is 348 g/mol. The average molecular weight is 349 g/mol. The van der Waals surface area contributed by atoms with E-state index in [1.165, 1.54) is 6.07 Å². The first-order valence-corrected chi connectivity index (χ1v) is 6.09. The number of aliphatic imine (C=N–C) groups is 1. The van der Waals surface area contributed by atoms with Gasteiger partial charge in [-0.1, -0.05) is 23.2 Å². The summed E-state index contributed by atoms with van der Waals surface area (Å²) in [5.41, 5.74) is -0.563. The number of nitriles is 2. The molecule has 1 aromatic rings. The number of rotatable bonds is 4. The van der Waals surface area contributed by atoms with Crippen LogP contribution >= 0.6 is 23.2 Å². The van der Waals surface area contributed by atoms with Crippen molar-refractivity contribution in [2.24, 2.45) is 4.99 Å². The van der Waals surface area contributed by atoms with Crippen LogP contribution in [0.4, 0.5) is 13.2 Å². The Morgan fingerprint density at radius 3 is 2.27 bits per heavy atom. The molecule has 1 unspecified atom stereocenters. The quantitative estimate of drug-likeness (QED) is 0.839. The molecule has 114 valence electrons. The Morgan fingerprint density at radius 1 is 1.32 bits per heavy atom. The van der Waals surface area contributed by atoms with Gasteiger partial charge in [0.1, 0.15) is 17.5 Å². The molecule has 1 N–H and O–H groups in total. The molecule has 0 spiro atoms. The lowest BCUT2D eigenvalue weighted by atomic mass is 10.2. The Labute approximate surface area is 132 Å². The SMILES string of the molecule is N#CC(=N)C(C#N)N=Cc1c(Cl)cc(OC(F)(F)F)cc1Cl. The number of nitrogens with one attached hydrogen (secondary N) is 1. The molecule has 0 heterocycles. The van der Waals surface area contributed by atoms with Crippen LogP contribution in [0.5, 0.6) is 5.75 Å². The van der Waals surface area contributed by atoms with Gasteiger partial charge in [-0.3, -0.25) is 10.4 Å². The van der Waals surface area contributed by atoms with Crippen molar-refractivity contribution < 1.29 is 17.9 Å². The van der Waals surface area contributed by atoms with Crippen molar-refractivity contribution >= 4 is 35.1 Å². The number of halogens is 5. The van der Waals surface area contributed by atoms with Gasteiger partial charge in [-0.05, 0) is 12.1 Å². The van der Waals surface area contributed by atoms with Crippen molar-refractivity contribution in [3.8, 4) is 17.9 Å². The van der Waals surface area contributed by atoms with Crippen LogP contribution in [0.15, 0.2) is 17.1 Å². The number of hydrogen-bond acceptors (Lipinski definition) is 5. The highest BCUT2D eigenvalue weighted by Gasteiger charge is 2.31. The van der Waals surface area contributed by atoms with Gasteiger partial charge in [0.15, 0.2) is 6.04 Å². The molecule has 0 fully saturated rings. The summed E-state index contributed by atoms with van der Waals surface area (Å²) < 4.78 is 40.0. The van der Waals surface area contributed by atoms with Crippen molar-refractivity contribution in [2.75, 3.05) is 0 Å². The lowest BCUT2D eigenvalue weighted by Gasteiger charge is -2.11. The summed E-state index contributed by atoms with van der Waals surface area (Å²) in [6.45, 7) is 0. The molecule has 1 rings (SSSR count). The topological polar surface area (TPSA) is 93.0 Å². The van der Waals surface area contributed by atoms with Gasteiger partial charge in [0.25, 0.3) is 0 Å². The molecule has 0 radical (unpaired) electrons. The third-order valence-electron chi connectivity index (χ3n) is 2.16. The van der Waals surface area contributed by atoms with Crippen molar-refractivity contribution in [1.29, 1.82) is 15.9 Å². The molecule has 22 heavy (non-hydrogen) atoms. The first-order valence-electron chi connectivity index (χ1n) is 5.34. The molecule has 1 aromatic carbocycles. The van der Waals surface area contributed by atoms with Crippen molar-refractivity contribution in [3.63, 3.8) is 0 Å². The van der Waals surface area contributed by atoms with E-state index in [4.69, 9.17) is 39.1 Å². The molecule has 0 saturated carbocycles. The number of alkyl halides is 3. The highest BCUT2D eigenvalue weighted by atomic mass is 35.5. The van der Waals surface area contributed by atoms with E-state index in [0.29, 0.717) is 0 Å². The van der Waals surface area contributed by atoms with Crippen molar-refractivity contribution in [1.82, 2.24) is 0 Å². The van der Waals surface area contributed by atoms with Gasteiger partial charge in [-0.25, -0.2) is 0 Å². The number of ether oxygens (including phenoxy) is 1. The van der Waals surface area contributed by atoms with Crippen LogP contribution in [-0.2, 0) is 0 Å².